The largest absolute Gasteiger partial charge is 0.352 e. The van der Waals surface area contributed by atoms with Gasteiger partial charge in [-0.05, 0) is 38.2 Å². The molecule has 0 atom stereocenters. The summed E-state index contributed by atoms with van der Waals surface area (Å²) < 4.78 is 1.40. The van der Waals surface area contributed by atoms with Crippen molar-refractivity contribution in [1.29, 1.82) is 0 Å². The number of rotatable bonds is 5. The molecule has 0 radical (unpaired) electrons. The SMILES string of the molecule is C=CCN1C(=O)CCC12CCC(NC(=O)Cn1ccccc1=O)CC2. The van der Waals surface area contributed by atoms with Crippen LogP contribution in [-0.2, 0) is 16.1 Å². The van der Waals surface area contributed by atoms with Crippen LogP contribution < -0.4 is 10.9 Å². The molecule has 0 unspecified atom stereocenters. The number of pyridine rings is 1. The van der Waals surface area contributed by atoms with Crippen molar-refractivity contribution in [3.63, 3.8) is 0 Å². The summed E-state index contributed by atoms with van der Waals surface area (Å²) >= 11 is 0. The first-order valence-corrected chi connectivity index (χ1v) is 8.90. The van der Waals surface area contributed by atoms with Crippen LogP contribution in [0.5, 0.6) is 0 Å². The predicted octanol–water partition coefficient (Wildman–Crippen LogP) is 1.45. The van der Waals surface area contributed by atoms with Gasteiger partial charge in [0.2, 0.25) is 11.8 Å². The predicted molar refractivity (Wildman–Crippen MR) is 95.0 cm³/mol. The minimum atomic E-state index is -0.176. The highest BCUT2D eigenvalue weighted by Crippen LogP contribution is 2.42. The maximum atomic E-state index is 12.2. The third-order valence-electron chi connectivity index (χ3n) is 5.48. The van der Waals surface area contributed by atoms with Gasteiger partial charge in [0.25, 0.3) is 5.56 Å². The van der Waals surface area contributed by atoms with Gasteiger partial charge in [-0.25, -0.2) is 0 Å². The highest BCUT2D eigenvalue weighted by atomic mass is 16.2. The van der Waals surface area contributed by atoms with E-state index in [2.05, 4.69) is 11.9 Å². The van der Waals surface area contributed by atoms with Crippen molar-refractivity contribution in [3.05, 3.63) is 47.4 Å². The highest BCUT2D eigenvalue weighted by Gasteiger charge is 2.46. The summed E-state index contributed by atoms with van der Waals surface area (Å²) in [5.74, 6) is 0.0746. The fourth-order valence-corrected chi connectivity index (χ4v) is 4.14. The Morgan fingerprint density at radius 2 is 2.04 bits per heavy atom. The standard InChI is InChI=1S/C19H25N3O3/c1-2-12-22-18(25)8-11-19(22)9-6-15(7-10-19)20-16(23)14-21-13-4-3-5-17(21)24/h2-5,13,15H,1,6-12,14H2,(H,20,23). The van der Waals surface area contributed by atoms with Crippen molar-refractivity contribution in [3.8, 4) is 0 Å². The van der Waals surface area contributed by atoms with E-state index in [0.29, 0.717) is 13.0 Å². The van der Waals surface area contributed by atoms with Crippen LogP contribution in [0.25, 0.3) is 0 Å². The second-order valence-corrected chi connectivity index (χ2v) is 7.03. The Kier molecular flexibility index (Phi) is 5.06. The summed E-state index contributed by atoms with van der Waals surface area (Å²) in [6.45, 7) is 4.41. The van der Waals surface area contributed by atoms with Crippen molar-refractivity contribution in [2.24, 2.45) is 0 Å². The maximum absolute atomic E-state index is 12.2. The number of likely N-dealkylation sites (tertiary alicyclic amines) is 1. The Bertz CT molecular complexity index is 717. The monoisotopic (exact) mass is 343 g/mol. The summed E-state index contributed by atoms with van der Waals surface area (Å²) in [6.07, 6.45) is 8.45. The van der Waals surface area contributed by atoms with E-state index in [1.807, 2.05) is 4.90 Å². The molecule has 1 aromatic heterocycles. The Balaban J connectivity index is 1.55. The number of aromatic nitrogens is 1. The van der Waals surface area contributed by atoms with Gasteiger partial charge in [-0.15, -0.1) is 6.58 Å². The summed E-state index contributed by atoms with van der Waals surface area (Å²) in [5.41, 5.74) is -0.229. The highest BCUT2D eigenvalue weighted by molar-refractivity contribution is 5.80. The van der Waals surface area contributed by atoms with Crippen LogP contribution in [0, 0.1) is 0 Å². The fraction of sp³-hybridized carbons (Fsp3) is 0.526. The van der Waals surface area contributed by atoms with E-state index in [1.165, 1.54) is 10.6 Å². The van der Waals surface area contributed by atoms with Crippen LogP contribution >= 0.6 is 0 Å². The third-order valence-corrected chi connectivity index (χ3v) is 5.48. The first-order chi connectivity index (χ1) is 12.0. The molecule has 1 aliphatic carbocycles. The Morgan fingerprint density at radius 3 is 2.72 bits per heavy atom. The van der Waals surface area contributed by atoms with E-state index in [0.717, 1.165) is 32.1 Å². The summed E-state index contributed by atoms with van der Waals surface area (Å²) in [7, 11) is 0. The molecule has 3 rings (SSSR count). The van der Waals surface area contributed by atoms with Gasteiger partial charge in [0, 0.05) is 36.8 Å². The molecule has 2 aliphatic rings. The zero-order valence-electron chi connectivity index (χ0n) is 14.4. The smallest absolute Gasteiger partial charge is 0.250 e. The lowest BCUT2D eigenvalue weighted by atomic mass is 9.77. The number of amides is 2. The van der Waals surface area contributed by atoms with Crippen molar-refractivity contribution in [2.75, 3.05) is 6.54 Å². The van der Waals surface area contributed by atoms with Gasteiger partial charge < -0.3 is 14.8 Å². The molecule has 0 bridgehead atoms. The second-order valence-electron chi connectivity index (χ2n) is 7.03. The van der Waals surface area contributed by atoms with Gasteiger partial charge in [0.1, 0.15) is 6.54 Å². The van der Waals surface area contributed by atoms with Crippen molar-refractivity contribution < 1.29 is 9.59 Å². The van der Waals surface area contributed by atoms with Crippen LogP contribution in [0.4, 0.5) is 0 Å². The molecule has 1 aliphatic heterocycles. The molecule has 2 amide bonds. The lowest BCUT2D eigenvalue weighted by molar-refractivity contribution is -0.132. The van der Waals surface area contributed by atoms with Crippen LogP contribution in [0.3, 0.4) is 0 Å². The van der Waals surface area contributed by atoms with E-state index in [1.54, 1.807) is 24.4 Å². The minimum absolute atomic E-state index is 0.0440. The van der Waals surface area contributed by atoms with Gasteiger partial charge in [0.15, 0.2) is 0 Å². The molecule has 2 heterocycles. The van der Waals surface area contributed by atoms with Crippen LogP contribution in [0.2, 0.25) is 0 Å². The molecule has 2 fully saturated rings. The van der Waals surface area contributed by atoms with Crippen LogP contribution in [-0.4, -0.2) is 39.4 Å². The lowest BCUT2D eigenvalue weighted by Gasteiger charge is -2.43. The molecule has 1 N–H and O–H groups in total. The number of hydrogen-bond acceptors (Lipinski definition) is 3. The van der Waals surface area contributed by atoms with Gasteiger partial charge >= 0.3 is 0 Å². The van der Waals surface area contributed by atoms with Gasteiger partial charge in [-0.3, -0.25) is 14.4 Å². The number of hydrogen-bond donors (Lipinski definition) is 1. The maximum Gasteiger partial charge on any atom is 0.250 e. The van der Waals surface area contributed by atoms with Gasteiger partial charge in [-0.1, -0.05) is 12.1 Å². The average Bonchev–Trinajstić information content (AvgIpc) is 2.89. The van der Waals surface area contributed by atoms with Crippen molar-refractivity contribution in [1.82, 2.24) is 14.8 Å². The minimum Gasteiger partial charge on any atom is -0.352 e. The molecule has 0 aromatic carbocycles. The third kappa shape index (κ3) is 3.67. The molecular weight excluding hydrogens is 318 g/mol. The Labute approximate surface area is 147 Å². The Morgan fingerprint density at radius 1 is 1.28 bits per heavy atom. The molecule has 134 valence electrons. The van der Waals surface area contributed by atoms with E-state index in [9.17, 15) is 14.4 Å². The van der Waals surface area contributed by atoms with Crippen molar-refractivity contribution in [2.45, 2.75) is 56.7 Å². The molecular formula is C19H25N3O3. The molecule has 6 nitrogen and oxygen atoms in total. The quantitative estimate of drug-likeness (QED) is 0.823. The molecule has 1 saturated heterocycles. The summed E-state index contributed by atoms with van der Waals surface area (Å²) in [6, 6.07) is 4.96. The zero-order chi connectivity index (χ0) is 17.9. The second kappa shape index (κ2) is 7.25. The van der Waals surface area contributed by atoms with Crippen LogP contribution in [0.1, 0.15) is 38.5 Å². The average molecular weight is 343 g/mol. The first kappa shape index (κ1) is 17.5. The molecule has 6 heteroatoms. The zero-order valence-corrected chi connectivity index (χ0v) is 14.4. The number of nitrogens with one attached hydrogen (secondary N) is 1. The molecule has 1 aromatic rings. The lowest BCUT2D eigenvalue weighted by Crippen LogP contribution is -2.51. The number of nitrogens with zero attached hydrogens (tertiary/aromatic N) is 2. The Hall–Kier alpha value is -2.37. The first-order valence-electron chi connectivity index (χ1n) is 8.90. The summed E-state index contributed by atoms with van der Waals surface area (Å²) in [5, 5.41) is 3.04. The van der Waals surface area contributed by atoms with E-state index >= 15 is 0 Å². The van der Waals surface area contributed by atoms with Gasteiger partial charge in [-0.2, -0.15) is 0 Å². The number of carbonyl (C=O) groups excluding carboxylic acids is 2. The van der Waals surface area contributed by atoms with Gasteiger partial charge in [0.05, 0.1) is 0 Å². The van der Waals surface area contributed by atoms with E-state index < -0.39 is 0 Å². The van der Waals surface area contributed by atoms with E-state index in [4.69, 9.17) is 0 Å². The topological polar surface area (TPSA) is 71.4 Å². The molecule has 1 saturated carbocycles. The number of carbonyl (C=O) groups is 2. The molecule has 1 spiro atoms. The summed E-state index contributed by atoms with van der Waals surface area (Å²) in [4.78, 5) is 38.0. The van der Waals surface area contributed by atoms with Crippen LogP contribution in [0.15, 0.2) is 41.8 Å². The normalized spacial score (nSPS) is 26.0. The molecule has 25 heavy (non-hydrogen) atoms. The van der Waals surface area contributed by atoms with E-state index in [-0.39, 0.29) is 35.5 Å². The fourth-order valence-electron chi connectivity index (χ4n) is 4.14. The van der Waals surface area contributed by atoms with Crippen molar-refractivity contribution >= 4 is 11.8 Å².